The molecule has 0 spiro atoms. The summed E-state index contributed by atoms with van der Waals surface area (Å²) in [6.07, 6.45) is 3.71. The van der Waals surface area contributed by atoms with E-state index in [9.17, 15) is 4.79 Å². The summed E-state index contributed by atoms with van der Waals surface area (Å²) in [5, 5.41) is 14.6. The highest BCUT2D eigenvalue weighted by Crippen LogP contribution is 2.23. The van der Waals surface area contributed by atoms with E-state index in [-0.39, 0.29) is 18.3 Å². The number of carbonyl (C=O) groups is 1. The molecule has 9 heteroatoms. The van der Waals surface area contributed by atoms with E-state index >= 15 is 0 Å². The van der Waals surface area contributed by atoms with Crippen molar-refractivity contribution >= 4 is 24.0 Å². The van der Waals surface area contributed by atoms with Gasteiger partial charge in [-0.05, 0) is 58.0 Å². The van der Waals surface area contributed by atoms with Crippen molar-refractivity contribution in [2.45, 2.75) is 32.7 Å². The van der Waals surface area contributed by atoms with Gasteiger partial charge in [0.05, 0.1) is 17.4 Å². The van der Waals surface area contributed by atoms with E-state index < -0.39 is 0 Å². The van der Waals surface area contributed by atoms with Crippen LogP contribution in [0.15, 0.2) is 36.5 Å². The quantitative estimate of drug-likeness (QED) is 0.682. The van der Waals surface area contributed by atoms with Crippen LogP contribution in [0.5, 0.6) is 0 Å². The lowest BCUT2D eigenvalue weighted by Crippen LogP contribution is -2.30. The Balaban J connectivity index is 0.00000240. The lowest BCUT2D eigenvalue weighted by Gasteiger charge is -2.23. The number of benzene rings is 1. The summed E-state index contributed by atoms with van der Waals surface area (Å²) >= 11 is 0. The molecular weight excluding hydrogens is 390 g/mol. The van der Waals surface area contributed by atoms with Gasteiger partial charge in [-0.2, -0.15) is 0 Å². The number of halogens is 1. The van der Waals surface area contributed by atoms with Gasteiger partial charge in [0.15, 0.2) is 5.69 Å². The minimum Gasteiger partial charge on any atom is -0.321 e. The minimum atomic E-state index is -0.256. The molecule has 1 aliphatic rings. The molecular formula is C20H24ClN7O. The van der Waals surface area contributed by atoms with Gasteiger partial charge >= 0.3 is 0 Å². The Labute approximate surface area is 175 Å². The van der Waals surface area contributed by atoms with Crippen molar-refractivity contribution < 1.29 is 4.79 Å². The van der Waals surface area contributed by atoms with E-state index in [0.29, 0.717) is 23.2 Å². The molecule has 4 rings (SSSR count). The molecule has 3 heterocycles. The summed E-state index contributed by atoms with van der Waals surface area (Å²) < 4.78 is 1.88. The van der Waals surface area contributed by atoms with Crippen LogP contribution >= 0.6 is 12.4 Å². The largest absolute Gasteiger partial charge is 0.321 e. The lowest BCUT2D eigenvalue weighted by molar-refractivity contribution is 0.102. The van der Waals surface area contributed by atoms with E-state index in [0.717, 1.165) is 42.9 Å². The molecule has 3 aromatic rings. The topological polar surface area (TPSA) is 97.6 Å². The Kier molecular flexibility index (Phi) is 6.56. The van der Waals surface area contributed by atoms with Gasteiger partial charge in [-0.25, -0.2) is 14.6 Å². The number of aryl methyl sites for hydroxylation is 1. The number of rotatable bonds is 4. The predicted octanol–water partition coefficient (Wildman–Crippen LogP) is 2.95. The fourth-order valence-electron chi connectivity index (χ4n) is 3.51. The average molecular weight is 414 g/mol. The molecule has 0 atom stereocenters. The first kappa shape index (κ1) is 20.9. The Hall–Kier alpha value is -2.84. The molecule has 8 nitrogen and oxygen atoms in total. The predicted molar refractivity (Wildman–Crippen MR) is 113 cm³/mol. The molecule has 0 bridgehead atoms. The second kappa shape index (κ2) is 9.11. The summed E-state index contributed by atoms with van der Waals surface area (Å²) in [7, 11) is 0. The molecule has 1 aromatic carbocycles. The van der Waals surface area contributed by atoms with Crippen molar-refractivity contribution in [2.75, 3.05) is 18.4 Å². The maximum absolute atomic E-state index is 12.8. The minimum absolute atomic E-state index is 0. The number of nitrogens with zero attached hydrogens (tertiary/aromatic N) is 5. The van der Waals surface area contributed by atoms with Crippen LogP contribution in [0.3, 0.4) is 0 Å². The average Bonchev–Trinajstić information content (AvgIpc) is 3.10. The van der Waals surface area contributed by atoms with Crippen molar-refractivity contribution in [3.05, 3.63) is 53.7 Å². The summed E-state index contributed by atoms with van der Waals surface area (Å²) in [6, 6.07) is 9.73. The molecule has 2 aromatic heterocycles. The van der Waals surface area contributed by atoms with E-state index in [1.54, 1.807) is 6.20 Å². The second-order valence-electron chi connectivity index (χ2n) is 6.97. The molecule has 152 valence electrons. The number of carbonyl (C=O) groups excluding carboxylic acids is 1. The Morgan fingerprint density at radius 2 is 2.00 bits per heavy atom. The van der Waals surface area contributed by atoms with E-state index in [4.69, 9.17) is 0 Å². The number of hydrogen-bond acceptors (Lipinski definition) is 6. The molecule has 1 fully saturated rings. The highest BCUT2D eigenvalue weighted by atomic mass is 35.5. The van der Waals surface area contributed by atoms with Gasteiger partial charge in [-0.1, -0.05) is 17.3 Å². The van der Waals surface area contributed by atoms with Crippen molar-refractivity contribution in [3.63, 3.8) is 0 Å². The van der Waals surface area contributed by atoms with E-state index in [1.165, 1.54) is 0 Å². The van der Waals surface area contributed by atoms with Crippen LogP contribution in [0.2, 0.25) is 0 Å². The van der Waals surface area contributed by atoms with Gasteiger partial charge in [0.25, 0.3) is 5.91 Å². The molecule has 1 amide bonds. The third kappa shape index (κ3) is 4.60. The first-order chi connectivity index (χ1) is 13.6. The van der Waals surface area contributed by atoms with Crippen LogP contribution in [0.25, 0.3) is 11.3 Å². The van der Waals surface area contributed by atoms with Crippen molar-refractivity contribution in [2.24, 2.45) is 0 Å². The molecule has 0 unspecified atom stereocenters. The zero-order valence-electron chi connectivity index (χ0n) is 16.4. The first-order valence-corrected chi connectivity index (χ1v) is 9.46. The molecule has 0 radical (unpaired) electrons. The number of nitrogens with one attached hydrogen (secondary N) is 2. The van der Waals surface area contributed by atoms with Crippen LogP contribution in [0, 0.1) is 13.8 Å². The van der Waals surface area contributed by atoms with Crippen LogP contribution in [-0.2, 0) is 0 Å². The molecule has 29 heavy (non-hydrogen) atoms. The SMILES string of the molecule is Cc1nccc(-c2cccc(NC(=O)c3nnn(C4CCNCC4)c3C)c2)n1.Cl. The monoisotopic (exact) mass is 413 g/mol. The van der Waals surface area contributed by atoms with Gasteiger partial charge in [0, 0.05) is 17.4 Å². The van der Waals surface area contributed by atoms with Crippen LogP contribution in [-0.4, -0.2) is 44.0 Å². The second-order valence-corrected chi connectivity index (χ2v) is 6.97. The number of piperidine rings is 1. The van der Waals surface area contributed by atoms with E-state index in [1.807, 2.05) is 48.9 Å². The van der Waals surface area contributed by atoms with Gasteiger partial charge < -0.3 is 10.6 Å². The zero-order valence-corrected chi connectivity index (χ0v) is 17.2. The van der Waals surface area contributed by atoms with Gasteiger partial charge in [0.1, 0.15) is 5.82 Å². The highest BCUT2D eigenvalue weighted by Gasteiger charge is 2.23. The normalized spacial score (nSPS) is 14.3. The molecule has 0 saturated carbocycles. The number of aromatic nitrogens is 5. The van der Waals surface area contributed by atoms with Crippen LogP contribution in [0.4, 0.5) is 5.69 Å². The molecule has 1 saturated heterocycles. The summed E-state index contributed by atoms with van der Waals surface area (Å²) in [4.78, 5) is 21.3. The number of anilines is 1. The van der Waals surface area contributed by atoms with Gasteiger partial charge in [-0.3, -0.25) is 4.79 Å². The van der Waals surface area contributed by atoms with Crippen LogP contribution < -0.4 is 10.6 Å². The van der Waals surface area contributed by atoms with Gasteiger partial charge in [-0.15, -0.1) is 17.5 Å². The smallest absolute Gasteiger partial charge is 0.278 e. The van der Waals surface area contributed by atoms with E-state index in [2.05, 4.69) is 30.9 Å². The standard InChI is InChI=1S/C20H23N7O.ClH/c1-13-19(25-26-27(13)17-6-9-21-10-7-17)20(28)24-16-5-3-4-15(12-16)18-8-11-22-14(2)23-18;/h3-5,8,11-12,17,21H,6-7,9-10H2,1-2H3,(H,24,28);1H. The first-order valence-electron chi connectivity index (χ1n) is 9.46. The van der Waals surface area contributed by atoms with Crippen molar-refractivity contribution in [1.29, 1.82) is 0 Å². The van der Waals surface area contributed by atoms with Crippen LogP contribution in [0.1, 0.15) is 40.9 Å². The Morgan fingerprint density at radius 3 is 2.76 bits per heavy atom. The highest BCUT2D eigenvalue weighted by molar-refractivity contribution is 6.03. The third-order valence-electron chi connectivity index (χ3n) is 4.99. The fourth-order valence-corrected chi connectivity index (χ4v) is 3.51. The Bertz CT molecular complexity index is 998. The lowest BCUT2D eigenvalue weighted by atomic mass is 10.1. The van der Waals surface area contributed by atoms with Gasteiger partial charge in [0.2, 0.25) is 0 Å². The number of amides is 1. The third-order valence-corrected chi connectivity index (χ3v) is 4.99. The molecule has 1 aliphatic heterocycles. The van der Waals surface area contributed by atoms with Crippen molar-refractivity contribution in [1.82, 2.24) is 30.3 Å². The summed E-state index contributed by atoms with van der Waals surface area (Å²) in [5.74, 6) is 0.450. The molecule has 2 N–H and O–H groups in total. The molecule has 0 aliphatic carbocycles. The summed E-state index contributed by atoms with van der Waals surface area (Å²) in [5.41, 5.74) is 3.58. The number of hydrogen-bond donors (Lipinski definition) is 2. The Morgan fingerprint density at radius 1 is 1.21 bits per heavy atom. The zero-order chi connectivity index (χ0) is 19.5. The fraction of sp³-hybridized carbons (Fsp3) is 0.350. The maximum Gasteiger partial charge on any atom is 0.278 e. The van der Waals surface area contributed by atoms with Crippen molar-refractivity contribution in [3.8, 4) is 11.3 Å². The summed E-state index contributed by atoms with van der Waals surface area (Å²) in [6.45, 7) is 5.67. The maximum atomic E-state index is 12.8.